The smallest absolute Gasteiger partial charge is 0.225 e. The van der Waals surface area contributed by atoms with E-state index in [-0.39, 0.29) is 5.91 Å². The normalized spacial score (nSPS) is 15.1. The minimum absolute atomic E-state index is 0.0421. The second kappa shape index (κ2) is 10.6. The third-order valence-corrected chi connectivity index (χ3v) is 5.84. The molecular weight excluding hydrogens is 434 g/mol. The standard InChI is InChI=1S/C22H28BrN3O3/c1-28-18-7-8-21(29-2)17(15-18)16-26-13-11-25(12-14-26)10-9-22(27)24-20-6-4-3-5-19(20)23/h3-8,15H,9-14,16H2,1-2H3,(H,24,27). The highest BCUT2D eigenvalue weighted by atomic mass is 79.9. The van der Waals surface area contributed by atoms with Crippen LogP contribution in [0.3, 0.4) is 0 Å². The number of benzene rings is 2. The molecule has 1 saturated heterocycles. The summed E-state index contributed by atoms with van der Waals surface area (Å²) in [7, 11) is 3.37. The number of nitrogens with one attached hydrogen (secondary N) is 1. The molecule has 0 spiro atoms. The number of carbonyl (C=O) groups excluding carboxylic acids is 1. The molecule has 29 heavy (non-hydrogen) atoms. The third-order valence-electron chi connectivity index (χ3n) is 5.15. The van der Waals surface area contributed by atoms with Gasteiger partial charge in [-0.3, -0.25) is 9.69 Å². The van der Waals surface area contributed by atoms with Gasteiger partial charge in [0.1, 0.15) is 11.5 Å². The number of amides is 1. The van der Waals surface area contributed by atoms with Crippen LogP contribution in [0, 0.1) is 0 Å². The molecule has 0 aromatic heterocycles. The zero-order chi connectivity index (χ0) is 20.6. The number of halogens is 1. The highest BCUT2D eigenvalue weighted by Gasteiger charge is 2.19. The monoisotopic (exact) mass is 461 g/mol. The second-order valence-corrected chi connectivity index (χ2v) is 7.93. The van der Waals surface area contributed by atoms with E-state index in [1.54, 1.807) is 14.2 Å². The summed E-state index contributed by atoms with van der Waals surface area (Å²) in [4.78, 5) is 17.0. The molecule has 6 nitrogen and oxygen atoms in total. The van der Waals surface area contributed by atoms with Crippen molar-refractivity contribution in [2.45, 2.75) is 13.0 Å². The van der Waals surface area contributed by atoms with Crippen LogP contribution in [-0.2, 0) is 11.3 Å². The van der Waals surface area contributed by atoms with E-state index >= 15 is 0 Å². The van der Waals surface area contributed by atoms with Crippen molar-refractivity contribution < 1.29 is 14.3 Å². The van der Waals surface area contributed by atoms with Crippen LogP contribution < -0.4 is 14.8 Å². The summed E-state index contributed by atoms with van der Waals surface area (Å²) in [6.07, 6.45) is 0.491. The van der Waals surface area contributed by atoms with E-state index in [2.05, 4.69) is 31.0 Å². The van der Waals surface area contributed by atoms with Crippen molar-refractivity contribution in [2.24, 2.45) is 0 Å². The molecule has 2 aromatic carbocycles. The molecule has 0 radical (unpaired) electrons. The molecule has 0 saturated carbocycles. The van der Waals surface area contributed by atoms with Crippen LogP contribution in [0.2, 0.25) is 0 Å². The van der Waals surface area contributed by atoms with E-state index in [0.717, 1.165) is 66.5 Å². The topological polar surface area (TPSA) is 54.0 Å². The lowest BCUT2D eigenvalue weighted by atomic mass is 10.1. The summed E-state index contributed by atoms with van der Waals surface area (Å²) in [5.74, 6) is 1.77. The summed E-state index contributed by atoms with van der Waals surface area (Å²) in [5, 5.41) is 2.97. The maximum atomic E-state index is 12.2. The molecule has 0 atom stereocenters. The molecule has 156 valence electrons. The lowest BCUT2D eigenvalue weighted by Crippen LogP contribution is -2.46. The Kier molecular flexibility index (Phi) is 7.91. The molecule has 2 aromatic rings. The number of rotatable bonds is 8. The molecule has 7 heteroatoms. The zero-order valence-corrected chi connectivity index (χ0v) is 18.6. The fourth-order valence-corrected chi connectivity index (χ4v) is 3.84. The molecule has 1 N–H and O–H groups in total. The largest absolute Gasteiger partial charge is 0.497 e. The zero-order valence-electron chi connectivity index (χ0n) is 17.0. The number of hydrogen-bond donors (Lipinski definition) is 1. The summed E-state index contributed by atoms with van der Waals surface area (Å²) >= 11 is 3.46. The fourth-order valence-electron chi connectivity index (χ4n) is 3.45. The van der Waals surface area contributed by atoms with Crippen LogP contribution in [0.15, 0.2) is 46.9 Å². The van der Waals surface area contributed by atoms with Crippen molar-refractivity contribution in [1.82, 2.24) is 9.80 Å². The van der Waals surface area contributed by atoms with Crippen molar-refractivity contribution in [3.05, 3.63) is 52.5 Å². The van der Waals surface area contributed by atoms with Gasteiger partial charge in [0.25, 0.3) is 0 Å². The Balaban J connectivity index is 1.44. The van der Waals surface area contributed by atoms with Gasteiger partial charge in [0, 0.05) is 55.7 Å². The maximum absolute atomic E-state index is 12.2. The molecule has 1 aliphatic rings. The summed E-state index contributed by atoms with van der Waals surface area (Å²) < 4.78 is 11.7. The van der Waals surface area contributed by atoms with Gasteiger partial charge in [0.2, 0.25) is 5.91 Å². The van der Waals surface area contributed by atoms with Crippen LogP contribution in [0.1, 0.15) is 12.0 Å². The van der Waals surface area contributed by atoms with E-state index in [1.165, 1.54) is 0 Å². The maximum Gasteiger partial charge on any atom is 0.225 e. The highest BCUT2D eigenvalue weighted by Crippen LogP contribution is 2.26. The number of nitrogens with zero attached hydrogens (tertiary/aromatic N) is 2. The average molecular weight is 462 g/mol. The first kappa shape index (κ1) is 21.6. The number of carbonyl (C=O) groups is 1. The first-order chi connectivity index (χ1) is 14.1. The van der Waals surface area contributed by atoms with Gasteiger partial charge in [-0.25, -0.2) is 0 Å². The Morgan fingerprint density at radius 2 is 1.76 bits per heavy atom. The minimum atomic E-state index is 0.0421. The number of anilines is 1. The van der Waals surface area contributed by atoms with E-state index in [4.69, 9.17) is 9.47 Å². The van der Waals surface area contributed by atoms with Crippen molar-refractivity contribution >= 4 is 27.5 Å². The van der Waals surface area contributed by atoms with Crippen LogP contribution in [0.4, 0.5) is 5.69 Å². The summed E-state index contributed by atoms with van der Waals surface area (Å²) in [5.41, 5.74) is 1.95. The molecule has 0 bridgehead atoms. The Bertz CT molecular complexity index is 823. The molecule has 1 amide bonds. The number of hydrogen-bond acceptors (Lipinski definition) is 5. The van der Waals surface area contributed by atoms with Crippen molar-refractivity contribution in [3.8, 4) is 11.5 Å². The van der Waals surface area contributed by atoms with Crippen molar-refractivity contribution in [1.29, 1.82) is 0 Å². The molecule has 1 fully saturated rings. The molecule has 0 aliphatic carbocycles. The molecule has 3 rings (SSSR count). The molecular formula is C22H28BrN3O3. The van der Waals surface area contributed by atoms with E-state index < -0.39 is 0 Å². The van der Waals surface area contributed by atoms with Gasteiger partial charge in [-0.15, -0.1) is 0 Å². The van der Waals surface area contributed by atoms with Crippen LogP contribution >= 0.6 is 15.9 Å². The lowest BCUT2D eigenvalue weighted by molar-refractivity contribution is -0.116. The van der Waals surface area contributed by atoms with Crippen LogP contribution in [-0.4, -0.2) is 62.7 Å². The third kappa shape index (κ3) is 6.19. The SMILES string of the molecule is COc1ccc(OC)c(CN2CCN(CCC(=O)Nc3ccccc3Br)CC2)c1. The fraction of sp³-hybridized carbons (Fsp3) is 0.409. The highest BCUT2D eigenvalue weighted by molar-refractivity contribution is 9.10. The number of methoxy groups -OCH3 is 2. The van der Waals surface area contributed by atoms with E-state index in [0.29, 0.717) is 6.42 Å². The van der Waals surface area contributed by atoms with Gasteiger partial charge < -0.3 is 19.7 Å². The van der Waals surface area contributed by atoms with Gasteiger partial charge in [0.05, 0.1) is 19.9 Å². The lowest BCUT2D eigenvalue weighted by Gasteiger charge is -2.34. The van der Waals surface area contributed by atoms with Crippen LogP contribution in [0.5, 0.6) is 11.5 Å². The molecule has 0 unspecified atom stereocenters. The van der Waals surface area contributed by atoms with Crippen molar-refractivity contribution in [2.75, 3.05) is 52.3 Å². The predicted molar refractivity (Wildman–Crippen MR) is 119 cm³/mol. The quantitative estimate of drug-likeness (QED) is 0.650. The Morgan fingerprint density at radius 1 is 1.03 bits per heavy atom. The molecule has 1 aliphatic heterocycles. The van der Waals surface area contributed by atoms with Gasteiger partial charge in [-0.05, 0) is 46.3 Å². The number of para-hydroxylation sites is 1. The van der Waals surface area contributed by atoms with Gasteiger partial charge in [0.15, 0.2) is 0 Å². The Morgan fingerprint density at radius 3 is 2.45 bits per heavy atom. The Hall–Kier alpha value is -2.09. The summed E-state index contributed by atoms with van der Waals surface area (Å²) in [6, 6.07) is 13.6. The van der Waals surface area contributed by atoms with E-state index in [9.17, 15) is 4.79 Å². The minimum Gasteiger partial charge on any atom is -0.497 e. The van der Waals surface area contributed by atoms with Gasteiger partial charge in [-0.2, -0.15) is 0 Å². The first-order valence-electron chi connectivity index (χ1n) is 9.79. The average Bonchev–Trinajstić information content (AvgIpc) is 2.75. The number of piperazine rings is 1. The predicted octanol–water partition coefficient (Wildman–Crippen LogP) is 3.61. The van der Waals surface area contributed by atoms with Gasteiger partial charge >= 0.3 is 0 Å². The Labute approximate surface area is 180 Å². The van der Waals surface area contributed by atoms with Crippen LogP contribution in [0.25, 0.3) is 0 Å². The number of ether oxygens (including phenoxy) is 2. The van der Waals surface area contributed by atoms with Crippen molar-refractivity contribution in [3.63, 3.8) is 0 Å². The molecule has 1 heterocycles. The summed E-state index contributed by atoms with van der Waals surface area (Å²) in [6.45, 7) is 5.44. The first-order valence-corrected chi connectivity index (χ1v) is 10.6. The second-order valence-electron chi connectivity index (χ2n) is 7.07. The van der Waals surface area contributed by atoms with Gasteiger partial charge in [-0.1, -0.05) is 12.1 Å². The van der Waals surface area contributed by atoms with E-state index in [1.807, 2.05) is 42.5 Å².